The topological polar surface area (TPSA) is 76.2 Å². The third kappa shape index (κ3) is 5.70. The largest absolute Gasteiger partial charge is 0.464 e. The number of carbonyl (C=O) groups is 3. The minimum Gasteiger partial charge on any atom is -0.464 e. The Morgan fingerprint density at radius 3 is 2.16 bits per heavy atom. The van der Waals surface area contributed by atoms with E-state index in [-0.39, 0.29) is 37.0 Å². The Balaban J connectivity index is 2.93. The third-order valence-electron chi connectivity index (χ3n) is 4.16. The first-order valence-corrected chi connectivity index (χ1v) is 8.96. The number of carbonyl (C=O) groups excluding carboxylic acids is 3. The van der Waals surface area contributed by atoms with Crippen LogP contribution in [0.2, 0.25) is 0 Å². The van der Waals surface area contributed by atoms with Gasteiger partial charge in [0, 0.05) is 31.6 Å². The van der Waals surface area contributed by atoms with E-state index in [9.17, 15) is 14.4 Å². The molecule has 3 atom stereocenters. The van der Waals surface area contributed by atoms with Gasteiger partial charge in [0.15, 0.2) is 11.8 Å². The highest BCUT2D eigenvalue weighted by Gasteiger charge is 2.42. The van der Waals surface area contributed by atoms with Gasteiger partial charge in [-0.15, -0.1) is 0 Å². The van der Waals surface area contributed by atoms with E-state index in [2.05, 4.69) is 0 Å². The molecule has 0 aromatic carbocycles. The van der Waals surface area contributed by atoms with Gasteiger partial charge >= 0.3 is 12.1 Å². The molecule has 0 aromatic heterocycles. The highest BCUT2D eigenvalue weighted by molar-refractivity contribution is 6.03. The van der Waals surface area contributed by atoms with Crippen molar-refractivity contribution in [1.82, 2.24) is 9.80 Å². The molecule has 0 bridgehead atoms. The Kier molecular flexibility index (Phi) is 7.41. The molecule has 0 saturated carbocycles. The fraction of sp³-hybridized carbons (Fsp3) is 0.833. The van der Waals surface area contributed by atoms with Crippen LogP contribution in [0.15, 0.2) is 0 Å². The van der Waals surface area contributed by atoms with Crippen molar-refractivity contribution < 1.29 is 23.9 Å². The van der Waals surface area contributed by atoms with Crippen molar-refractivity contribution in [2.45, 2.75) is 78.6 Å². The number of hydrogen-bond donors (Lipinski definition) is 0. The molecule has 0 aliphatic carbocycles. The van der Waals surface area contributed by atoms with Crippen LogP contribution in [0.1, 0.15) is 54.9 Å². The lowest BCUT2D eigenvalue weighted by atomic mass is 10.0. The van der Waals surface area contributed by atoms with Crippen LogP contribution in [0, 0.1) is 0 Å². The molecule has 1 unspecified atom stereocenters. The summed E-state index contributed by atoms with van der Waals surface area (Å²) in [6.45, 7) is 13.8. The molecule has 1 saturated heterocycles. The van der Waals surface area contributed by atoms with Crippen molar-refractivity contribution >= 4 is 17.8 Å². The van der Waals surface area contributed by atoms with Crippen LogP contribution < -0.4 is 0 Å². The van der Waals surface area contributed by atoms with Crippen molar-refractivity contribution in [3.05, 3.63) is 0 Å². The molecule has 1 aliphatic rings. The second kappa shape index (κ2) is 8.65. The normalized spacial score (nSPS) is 23.1. The minimum absolute atomic E-state index is 0.159. The quantitative estimate of drug-likeness (QED) is 0.555. The van der Waals surface area contributed by atoms with Gasteiger partial charge in [0.1, 0.15) is 5.60 Å². The molecular weight excluding hydrogens is 324 g/mol. The molecule has 144 valence electrons. The molecule has 0 spiro atoms. The van der Waals surface area contributed by atoms with Crippen molar-refractivity contribution in [3.8, 4) is 0 Å². The van der Waals surface area contributed by atoms with Crippen LogP contribution in [0.25, 0.3) is 0 Å². The van der Waals surface area contributed by atoms with Gasteiger partial charge in [-0.05, 0) is 41.5 Å². The number of hydrogen-bond acceptors (Lipinski definition) is 6. The van der Waals surface area contributed by atoms with E-state index in [1.165, 1.54) is 0 Å². The highest BCUT2D eigenvalue weighted by atomic mass is 16.6. The van der Waals surface area contributed by atoms with Gasteiger partial charge in [0.05, 0.1) is 6.61 Å². The first-order valence-electron chi connectivity index (χ1n) is 8.96. The number of amides is 1. The lowest BCUT2D eigenvalue weighted by molar-refractivity contribution is -0.156. The summed E-state index contributed by atoms with van der Waals surface area (Å²) in [5.41, 5.74) is -0.567. The Morgan fingerprint density at radius 1 is 1.08 bits per heavy atom. The Bertz CT molecular complexity index is 500. The first kappa shape index (κ1) is 21.4. The van der Waals surface area contributed by atoms with Crippen LogP contribution in [-0.2, 0) is 19.1 Å². The Hall–Kier alpha value is -1.63. The Labute approximate surface area is 150 Å². The molecule has 1 fully saturated rings. The summed E-state index contributed by atoms with van der Waals surface area (Å²) in [6, 6.07) is -1.25. The van der Waals surface area contributed by atoms with Crippen molar-refractivity contribution in [2.75, 3.05) is 19.7 Å². The zero-order chi connectivity index (χ0) is 19.4. The van der Waals surface area contributed by atoms with Gasteiger partial charge in [0.25, 0.3) is 0 Å². The van der Waals surface area contributed by atoms with Crippen molar-refractivity contribution in [1.29, 1.82) is 0 Å². The summed E-state index contributed by atoms with van der Waals surface area (Å²) < 4.78 is 10.6. The number of ether oxygens (including phenoxy) is 2. The first-order chi connectivity index (χ1) is 11.5. The van der Waals surface area contributed by atoms with E-state index in [1.54, 1.807) is 18.7 Å². The van der Waals surface area contributed by atoms with Crippen molar-refractivity contribution in [3.63, 3.8) is 0 Å². The standard InChI is InChI=1S/C18H32N2O5/c1-8-14(21)15(16(22)24-9-2)19-10-13(4)20(11-12(19)3)17(23)25-18(5,6)7/h12-13,15H,8-11H2,1-7H3/t12-,13+,15?/m0/s1. The predicted molar refractivity (Wildman–Crippen MR) is 94.3 cm³/mol. The summed E-state index contributed by atoms with van der Waals surface area (Å²) in [5.74, 6) is -0.678. The summed E-state index contributed by atoms with van der Waals surface area (Å²) >= 11 is 0. The number of rotatable bonds is 5. The lowest BCUT2D eigenvalue weighted by Gasteiger charge is -2.46. The molecular formula is C18H32N2O5. The molecule has 0 radical (unpaired) electrons. The zero-order valence-electron chi connectivity index (χ0n) is 16.5. The van der Waals surface area contributed by atoms with Crippen LogP contribution in [0.3, 0.4) is 0 Å². The molecule has 1 heterocycles. The fourth-order valence-corrected chi connectivity index (χ4v) is 2.95. The number of ketones is 1. The summed E-state index contributed by atoms with van der Waals surface area (Å²) in [5, 5.41) is 0. The second-order valence-electron chi connectivity index (χ2n) is 7.50. The molecule has 25 heavy (non-hydrogen) atoms. The van der Waals surface area contributed by atoms with Crippen LogP contribution in [-0.4, -0.2) is 71.1 Å². The summed E-state index contributed by atoms with van der Waals surface area (Å²) in [6.07, 6.45) is -0.113. The van der Waals surface area contributed by atoms with E-state index in [1.807, 2.05) is 39.5 Å². The summed E-state index contributed by atoms with van der Waals surface area (Å²) in [7, 11) is 0. The molecule has 1 rings (SSSR count). The predicted octanol–water partition coefficient (Wildman–Crippen LogP) is 2.23. The molecule has 1 amide bonds. The van der Waals surface area contributed by atoms with Gasteiger partial charge in [-0.1, -0.05) is 6.92 Å². The van der Waals surface area contributed by atoms with Gasteiger partial charge < -0.3 is 14.4 Å². The zero-order valence-corrected chi connectivity index (χ0v) is 16.5. The van der Waals surface area contributed by atoms with Gasteiger partial charge in [-0.2, -0.15) is 0 Å². The number of Topliss-reactive ketones (excluding diaryl/α,β-unsaturated/α-hetero) is 1. The highest BCUT2D eigenvalue weighted by Crippen LogP contribution is 2.22. The maximum atomic E-state index is 12.4. The van der Waals surface area contributed by atoms with E-state index < -0.39 is 17.6 Å². The molecule has 7 heteroatoms. The monoisotopic (exact) mass is 356 g/mol. The van der Waals surface area contributed by atoms with E-state index in [0.29, 0.717) is 13.1 Å². The van der Waals surface area contributed by atoms with Crippen LogP contribution in [0.4, 0.5) is 4.79 Å². The summed E-state index contributed by atoms with van der Waals surface area (Å²) in [4.78, 5) is 40.5. The fourth-order valence-electron chi connectivity index (χ4n) is 2.95. The molecule has 1 aliphatic heterocycles. The molecule has 7 nitrogen and oxygen atoms in total. The van der Waals surface area contributed by atoms with Gasteiger partial charge in [-0.3, -0.25) is 9.69 Å². The van der Waals surface area contributed by atoms with Gasteiger partial charge in [-0.25, -0.2) is 9.59 Å². The van der Waals surface area contributed by atoms with Crippen molar-refractivity contribution in [2.24, 2.45) is 0 Å². The SMILES string of the molecule is CCOC(=O)C(C(=O)CC)N1C[C@@H](C)N(C(=O)OC(C)(C)C)C[C@@H]1C. The molecule has 0 N–H and O–H groups in total. The average molecular weight is 356 g/mol. The van der Waals surface area contributed by atoms with E-state index in [4.69, 9.17) is 9.47 Å². The van der Waals surface area contributed by atoms with E-state index in [0.717, 1.165) is 0 Å². The van der Waals surface area contributed by atoms with Gasteiger partial charge in [0.2, 0.25) is 0 Å². The number of nitrogens with zero attached hydrogens (tertiary/aromatic N) is 2. The van der Waals surface area contributed by atoms with E-state index >= 15 is 0 Å². The lowest BCUT2D eigenvalue weighted by Crippen LogP contribution is -2.64. The smallest absolute Gasteiger partial charge is 0.410 e. The average Bonchev–Trinajstić information content (AvgIpc) is 2.48. The number of piperazine rings is 1. The third-order valence-corrected chi connectivity index (χ3v) is 4.16. The maximum Gasteiger partial charge on any atom is 0.410 e. The maximum absolute atomic E-state index is 12.4. The van der Waals surface area contributed by atoms with Crippen LogP contribution in [0.5, 0.6) is 0 Å². The second-order valence-corrected chi connectivity index (χ2v) is 7.50. The Morgan fingerprint density at radius 2 is 1.68 bits per heavy atom. The minimum atomic E-state index is -0.914. The van der Waals surface area contributed by atoms with Crippen LogP contribution >= 0.6 is 0 Å². The molecule has 0 aromatic rings. The number of esters is 1.